The average Bonchev–Trinajstić information content (AvgIpc) is 3.56. The molecule has 0 aromatic carbocycles. The quantitative estimate of drug-likeness (QED) is 0.748. The summed E-state index contributed by atoms with van der Waals surface area (Å²) in [5, 5.41) is 3.39. The van der Waals surface area contributed by atoms with Crippen molar-refractivity contribution < 1.29 is 9.59 Å². The molecule has 1 saturated carbocycles. The largest absolute Gasteiger partial charge is 0.382 e. The van der Waals surface area contributed by atoms with E-state index in [1.807, 2.05) is 37.5 Å². The van der Waals surface area contributed by atoms with Crippen LogP contribution in [0.5, 0.6) is 0 Å². The van der Waals surface area contributed by atoms with Gasteiger partial charge in [-0.25, -0.2) is 0 Å². The molecule has 1 fully saturated rings. The summed E-state index contributed by atoms with van der Waals surface area (Å²) in [5.74, 6) is -0.143. The molecule has 2 aromatic heterocycles. The fourth-order valence-electron chi connectivity index (χ4n) is 4.31. The maximum Gasteiger partial charge on any atom is 0.277 e. The van der Waals surface area contributed by atoms with E-state index in [4.69, 9.17) is 0 Å². The summed E-state index contributed by atoms with van der Waals surface area (Å²) in [6, 6.07) is 6.10. The smallest absolute Gasteiger partial charge is 0.277 e. The summed E-state index contributed by atoms with van der Waals surface area (Å²) < 4.78 is 0. The van der Waals surface area contributed by atoms with Crippen LogP contribution in [0.1, 0.15) is 31.2 Å². The summed E-state index contributed by atoms with van der Waals surface area (Å²) in [5.41, 5.74) is 5.36. The number of carbonyl (C=O) groups excluding carboxylic acids is 2. The predicted molar refractivity (Wildman–Crippen MR) is 113 cm³/mol. The van der Waals surface area contributed by atoms with Crippen molar-refractivity contribution in [3.05, 3.63) is 53.6 Å². The minimum atomic E-state index is -0.0879. The zero-order valence-electron chi connectivity index (χ0n) is 17.1. The van der Waals surface area contributed by atoms with Crippen molar-refractivity contribution in [3.8, 4) is 11.3 Å². The lowest BCUT2D eigenvalue weighted by atomic mass is 10.0. The molecule has 1 aliphatic carbocycles. The summed E-state index contributed by atoms with van der Waals surface area (Å²) in [6.07, 6.45) is 8.95. The number of pyridine rings is 2. The summed E-state index contributed by atoms with van der Waals surface area (Å²) >= 11 is 0. The first-order valence-corrected chi connectivity index (χ1v) is 10.6. The number of carbonyl (C=O) groups is 2. The van der Waals surface area contributed by atoms with Gasteiger partial charge in [-0.2, -0.15) is 0 Å². The van der Waals surface area contributed by atoms with Crippen LogP contribution in [-0.2, 0) is 9.59 Å². The van der Waals surface area contributed by atoms with Crippen LogP contribution in [0.25, 0.3) is 11.3 Å². The van der Waals surface area contributed by atoms with Crippen LogP contribution in [0.2, 0.25) is 0 Å². The third-order valence-electron chi connectivity index (χ3n) is 6.06. The fraction of sp³-hybridized carbons (Fsp3) is 0.391. The molecular weight excluding hydrogens is 378 g/mol. The fourth-order valence-corrected chi connectivity index (χ4v) is 4.31. The highest BCUT2D eigenvalue weighted by molar-refractivity contribution is 6.19. The van der Waals surface area contributed by atoms with E-state index in [-0.39, 0.29) is 17.9 Å². The maximum absolute atomic E-state index is 12.8. The monoisotopic (exact) mass is 403 g/mol. The van der Waals surface area contributed by atoms with Crippen molar-refractivity contribution in [1.29, 1.82) is 0 Å². The number of anilines is 1. The number of aromatic nitrogens is 2. The Kier molecular flexibility index (Phi) is 4.73. The molecule has 4 heterocycles. The molecular formula is C23H25N5O2. The molecule has 2 aliphatic heterocycles. The van der Waals surface area contributed by atoms with Crippen molar-refractivity contribution in [2.75, 3.05) is 25.0 Å². The number of aryl methyl sites for hydroxylation is 1. The van der Waals surface area contributed by atoms with E-state index in [2.05, 4.69) is 20.2 Å². The number of hydrogen-bond donors (Lipinski definition) is 1. The van der Waals surface area contributed by atoms with E-state index in [0.717, 1.165) is 53.9 Å². The Labute approximate surface area is 175 Å². The van der Waals surface area contributed by atoms with E-state index in [1.165, 1.54) is 4.90 Å². The molecule has 2 amide bonds. The van der Waals surface area contributed by atoms with E-state index < -0.39 is 0 Å². The normalized spacial score (nSPS) is 18.8. The van der Waals surface area contributed by atoms with Crippen LogP contribution in [0.15, 0.2) is 48.1 Å². The van der Waals surface area contributed by atoms with E-state index >= 15 is 0 Å². The number of amides is 2. The standard InChI is InChI=1S/C23H25N5O2/c1-15-8-9-24-14-19(15)20-7-4-16(13-26-20)25-10-12-27-11-2-3-18-21(27)23(30)28(22(18)29)17-5-6-17/h4,7-9,13-14,17,25H,2-3,5-6,10-12H2,1H3. The van der Waals surface area contributed by atoms with Gasteiger partial charge in [-0.3, -0.25) is 24.5 Å². The number of nitrogens with one attached hydrogen (secondary N) is 1. The highest BCUT2D eigenvalue weighted by Gasteiger charge is 2.48. The second kappa shape index (κ2) is 7.55. The first-order chi connectivity index (χ1) is 14.6. The van der Waals surface area contributed by atoms with Crippen molar-refractivity contribution in [1.82, 2.24) is 19.8 Å². The van der Waals surface area contributed by atoms with Gasteiger partial charge in [0.1, 0.15) is 5.70 Å². The first-order valence-electron chi connectivity index (χ1n) is 10.6. The molecule has 1 N–H and O–H groups in total. The lowest BCUT2D eigenvalue weighted by Crippen LogP contribution is -2.38. The number of nitrogens with zero attached hydrogens (tertiary/aromatic N) is 4. The molecule has 30 heavy (non-hydrogen) atoms. The Morgan fingerprint density at radius 1 is 1.13 bits per heavy atom. The first kappa shape index (κ1) is 18.8. The average molecular weight is 403 g/mol. The van der Waals surface area contributed by atoms with Crippen LogP contribution in [0.4, 0.5) is 5.69 Å². The highest BCUT2D eigenvalue weighted by Crippen LogP contribution is 2.38. The van der Waals surface area contributed by atoms with Crippen LogP contribution in [0, 0.1) is 6.92 Å². The molecule has 7 heteroatoms. The molecule has 0 saturated heterocycles. The predicted octanol–water partition coefficient (Wildman–Crippen LogP) is 2.75. The second-order valence-electron chi connectivity index (χ2n) is 8.18. The van der Waals surface area contributed by atoms with Gasteiger partial charge in [-0.15, -0.1) is 0 Å². The summed E-state index contributed by atoms with van der Waals surface area (Å²) in [4.78, 5) is 37.8. The van der Waals surface area contributed by atoms with Crippen molar-refractivity contribution in [2.24, 2.45) is 0 Å². The molecule has 3 aliphatic rings. The summed E-state index contributed by atoms with van der Waals surface area (Å²) in [7, 11) is 0. The minimum Gasteiger partial charge on any atom is -0.382 e. The van der Waals surface area contributed by atoms with Gasteiger partial charge in [0.15, 0.2) is 0 Å². The minimum absolute atomic E-state index is 0.0550. The van der Waals surface area contributed by atoms with Crippen LogP contribution >= 0.6 is 0 Å². The topological polar surface area (TPSA) is 78.4 Å². The Bertz CT molecular complexity index is 1030. The van der Waals surface area contributed by atoms with Gasteiger partial charge >= 0.3 is 0 Å². The molecule has 0 unspecified atom stereocenters. The molecule has 5 rings (SSSR count). The van der Waals surface area contributed by atoms with Gasteiger partial charge in [-0.05, 0) is 56.4 Å². The number of imide groups is 1. The van der Waals surface area contributed by atoms with Gasteiger partial charge in [0.2, 0.25) is 0 Å². The van der Waals surface area contributed by atoms with E-state index in [1.54, 1.807) is 6.20 Å². The lowest BCUT2D eigenvalue weighted by Gasteiger charge is -2.29. The zero-order valence-corrected chi connectivity index (χ0v) is 17.1. The van der Waals surface area contributed by atoms with Crippen molar-refractivity contribution in [3.63, 3.8) is 0 Å². The number of rotatable bonds is 6. The van der Waals surface area contributed by atoms with Crippen LogP contribution < -0.4 is 5.32 Å². The Hall–Kier alpha value is -3.22. The maximum atomic E-state index is 12.8. The molecule has 0 radical (unpaired) electrons. The molecule has 154 valence electrons. The Morgan fingerprint density at radius 2 is 2.00 bits per heavy atom. The van der Waals surface area contributed by atoms with Crippen molar-refractivity contribution in [2.45, 2.75) is 38.6 Å². The molecule has 0 atom stereocenters. The molecule has 0 bridgehead atoms. The van der Waals surface area contributed by atoms with Gasteiger partial charge in [0, 0.05) is 49.2 Å². The van der Waals surface area contributed by atoms with Gasteiger partial charge in [0.05, 0.1) is 17.6 Å². The highest BCUT2D eigenvalue weighted by atomic mass is 16.2. The third-order valence-corrected chi connectivity index (χ3v) is 6.06. The Morgan fingerprint density at radius 3 is 2.73 bits per heavy atom. The van der Waals surface area contributed by atoms with E-state index in [9.17, 15) is 9.59 Å². The van der Waals surface area contributed by atoms with Gasteiger partial charge in [-0.1, -0.05) is 0 Å². The Balaban J connectivity index is 1.22. The number of hydrogen-bond acceptors (Lipinski definition) is 6. The zero-order chi connectivity index (χ0) is 20.7. The SMILES string of the molecule is Cc1ccncc1-c1ccc(NCCN2CCCC3=C2C(=O)N(C2CC2)C3=O)cn1. The summed E-state index contributed by atoms with van der Waals surface area (Å²) in [6.45, 7) is 4.22. The molecule has 7 nitrogen and oxygen atoms in total. The molecule has 2 aromatic rings. The van der Waals surface area contributed by atoms with Gasteiger partial charge < -0.3 is 10.2 Å². The lowest BCUT2D eigenvalue weighted by molar-refractivity contribution is -0.138. The van der Waals surface area contributed by atoms with E-state index in [0.29, 0.717) is 25.2 Å². The van der Waals surface area contributed by atoms with Gasteiger partial charge in [0.25, 0.3) is 11.8 Å². The van der Waals surface area contributed by atoms with Crippen molar-refractivity contribution >= 4 is 17.5 Å². The molecule has 0 spiro atoms. The van der Waals surface area contributed by atoms with Crippen LogP contribution in [-0.4, -0.2) is 57.3 Å². The second-order valence-corrected chi connectivity index (χ2v) is 8.18. The third kappa shape index (κ3) is 3.34. The van der Waals surface area contributed by atoms with Crippen LogP contribution in [0.3, 0.4) is 0 Å².